The molecule has 0 rings (SSSR count). The summed E-state index contributed by atoms with van der Waals surface area (Å²) >= 11 is 0. The van der Waals surface area contributed by atoms with Gasteiger partial charge in [0.2, 0.25) is 0 Å². The third kappa shape index (κ3) is 78.0. The monoisotopic (exact) mass is 1510 g/mol. The molecule has 3 N–H and O–H groups in total. The number of hydrogen-bond acceptors (Lipinski definition) is 15. The zero-order valence-electron chi connectivity index (χ0n) is 67.5. The van der Waals surface area contributed by atoms with Gasteiger partial charge >= 0.3 is 39.5 Å². The molecule has 0 saturated carbocycles. The second kappa shape index (κ2) is 76.8. The van der Waals surface area contributed by atoms with Crippen LogP contribution in [0.4, 0.5) is 0 Å². The smallest absolute Gasteiger partial charge is 0.462 e. The van der Waals surface area contributed by atoms with Gasteiger partial charge in [-0.05, 0) is 31.6 Å². The Morgan fingerprint density at radius 3 is 0.660 bits per heavy atom. The first-order valence-corrected chi connectivity index (χ1v) is 46.6. The highest BCUT2D eigenvalue weighted by Crippen LogP contribution is 2.45. The Balaban J connectivity index is 5.23. The van der Waals surface area contributed by atoms with Gasteiger partial charge in [0.25, 0.3) is 0 Å². The van der Waals surface area contributed by atoms with Crippen molar-refractivity contribution in [2.45, 2.75) is 470 Å². The number of aliphatic hydroxyl groups is 1. The number of phosphoric ester groups is 2. The fourth-order valence-electron chi connectivity index (χ4n) is 13.1. The zero-order chi connectivity index (χ0) is 75.5. The molecule has 17 nitrogen and oxygen atoms in total. The van der Waals surface area contributed by atoms with Crippen LogP contribution < -0.4 is 0 Å². The highest BCUT2D eigenvalue weighted by Gasteiger charge is 2.30. The molecule has 0 aromatic carbocycles. The first-order valence-electron chi connectivity index (χ1n) is 43.6. The number of rotatable bonds is 84. The van der Waals surface area contributed by atoms with Crippen molar-refractivity contribution in [3.63, 3.8) is 0 Å². The normalized spacial score (nSPS) is 13.8. The summed E-state index contributed by atoms with van der Waals surface area (Å²) in [7, 11) is -9.92. The van der Waals surface area contributed by atoms with E-state index in [1.54, 1.807) is 0 Å². The van der Waals surface area contributed by atoms with Gasteiger partial charge in [0.05, 0.1) is 26.4 Å². The number of phosphoric acid groups is 2. The average Bonchev–Trinajstić information content (AvgIpc) is 0.922. The molecular formula is C84H164O17P2. The highest BCUT2D eigenvalue weighted by atomic mass is 31.2. The van der Waals surface area contributed by atoms with Gasteiger partial charge in [0, 0.05) is 25.7 Å². The van der Waals surface area contributed by atoms with Crippen LogP contribution in [0.25, 0.3) is 0 Å². The van der Waals surface area contributed by atoms with Crippen LogP contribution in [0.2, 0.25) is 0 Å². The van der Waals surface area contributed by atoms with E-state index in [0.717, 1.165) is 95.8 Å². The molecule has 0 aliphatic carbocycles. The van der Waals surface area contributed by atoms with Crippen LogP contribution >= 0.6 is 15.6 Å². The standard InChI is InChI=1S/C84H164O17P2/c1-6-9-12-15-18-21-24-26-28-30-32-34-36-38-40-43-49-54-59-64-69-83(88)100-79(74-95-82(87)68-63-58-53-48-42-39-37-35-33-31-29-27-25-22-19-16-13-10-7-2)75-98-102(90,91)96-71-78(85)72-97-103(92,93)99-76-80(73-94-81(86)67-62-57-52-47-41-23-20-17-14-11-8-3)101-84(89)70-65-60-55-50-45-44-46-51-56-61-66-77(4)5/h77-80,85H,6-76H2,1-5H3,(H,90,91)(H,92,93)/t78-,79-,80-/m1/s1. The van der Waals surface area contributed by atoms with Gasteiger partial charge in [0.1, 0.15) is 19.3 Å². The fourth-order valence-corrected chi connectivity index (χ4v) is 14.7. The Labute approximate surface area is 632 Å². The number of carbonyl (C=O) groups excluding carboxylic acids is 4. The molecule has 0 aliphatic heterocycles. The number of carbonyl (C=O) groups is 4. The Morgan fingerprint density at radius 2 is 0.447 bits per heavy atom. The Kier molecular flexibility index (Phi) is 75.4. The molecule has 0 spiro atoms. The quantitative estimate of drug-likeness (QED) is 0.0222. The topological polar surface area (TPSA) is 237 Å². The molecule has 0 aromatic heterocycles. The van der Waals surface area contributed by atoms with Gasteiger partial charge in [-0.25, -0.2) is 9.13 Å². The zero-order valence-corrected chi connectivity index (χ0v) is 69.3. The van der Waals surface area contributed by atoms with Crippen molar-refractivity contribution < 1.29 is 80.2 Å². The molecule has 0 amide bonds. The Bertz CT molecular complexity index is 1960. The van der Waals surface area contributed by atoms with Gasteiger partial charge < -0.3 is 33.8 Å². The van der Waals surface area contributed by atoms with Gasteiger partial charge in [-0.2, -0.15) is 0 Å². The van der Waals surface area contributed by atoms with Gasteiger partial charge in [-0.3, -0.25) is 37.3 Å². The third-order valence-corrected chi connectivity index (χ3v) is 21.7. The SMILES string of the molecule is CCCCCCCCCCCCCCCCCCCCCCC(=O)O[C@H](COC(=O)CCCCCCCCCCCCCCCCCCCCC)COP(=O)(O)OC[C@@H](O)COP(=O)(O)OC[C@@H](COC(=O)CCCCCCCCCCCCC)OC(=O)CCCCCCCCCCCCC(C)C. The summed E-state index contributed by atoms with van der Waals surface area (Å²) in [5, 5.41) is 10.7. The van der Waals surface area contributed by atoms with Crippen molar-refractivity contribution in [3.8, 4) is 0 Å². The van der Waals surface area contributed by atoms with Crippen LogP contribution in [0.3, 0.4) is 0 Å². The number of unbranched alkanes of at least 4 members (excludes halogenated alkanes) is 56. The molecule has 2 unspecified atom stereocenters. The first-order chi connectivity index (χ1) is 50.0. The average molecular weight is 1510 g/mol. The maximum atomic E-state index is 13.1. The van der Waals surface area contributed by atoms with E-state index in [2.05, 4.69) is 34.6 Å². The number of aliphatic hydroxyl groups excluding tert-OH is 1. The maximum absolute atomic E-state index is 13.1. The van der Waals surface area contributed by atoms with E-state index in [0.29, 0.717) is 25.7 Å². The van der Waals surface area contributed by atoms with E-state index in [9.17, 15) is 43.2 Å². The van der Waals surface area contributed by atoms with Crippen molar-refractivity contribution in [1.29, 1.82) is 0 Å². The molecule has 103 heavy (non-hydrogen) atoms. The van der Waals surface area contributed by atoms with Crippen molar-refractivity contribution in [1.82, 2.24) is 0 Å². The molecule has 0 bridgehead atoms. The maximum Gasteiger partial charge on any atom is 0.472 e. The molecule has 0 radical (unpaired) electrons. The lowest BCUT2D eigenvalue weighted by molar-refractivity contribution is -0.161. The van der Waals surface area contributed by atoms with Gasteiger partial charge in [-0.15, -0.1) is 0 Å². The fraction of sp³-hybridized carbons (Fsp3) is 0.952. The van der Waals surface area contributed by atoms with E-state index in [1.165, 1.54) is 276 Å². The predicted octanol–water partition coefficient (Wildman–Crippen LogP) is 25.6. The molecule has 612 valence electrons. The minimum atomic E-state index is -4.96. The van der Waals surface area contributed by atoms with Crippen molar-refractivity contribution in [2.24, 2.45) is 5.92 Å². The molecule has 0 saturated heterocycles. The van der Waals surface area contributed by atoms with E-state index in [-0.39, 0.29) is 25.7 Å². The van der Waals surface area contributed by atoms with Crippen LogP contribution in [-0.4, -0.2) is 96.7 Å². The number of ether oxygens (including phenoxy) is 4. The minimum absolute atomic E-state index is 0.107. The third-order valence-electron chi connectivity index (χ3n) is 19.8. The van der Waals surface area contributed by atoms with Gasteiger partial charge in [-0.1, -0.05) is 401 Å². The van der Waals surface area contributed by atoms with E-state index >= 15 is 0 Å². The molecule has 0 aromatic rings. The second-order valence-corrected chi connectivity index (χ2v) is 33.6. The van der Waals surface area contributed by atoms with Crippen molar-refractivity contribution in [3.05, 3.63) is 0 Å². The summed E-state index contributed by atoms with van der Waals surface area (Å²) in [6, 6.07) is 0. The largest absolute Gasteiger partial charge is 0.472 e. The van der Waals surface area contributed by atoms with Gasteiger partial charge in [0.15, 0.2) is 12.2 Å². The molecule has 0 heterocycles. The molecule has 0 fully saturated rings. The van der Waals surface area contributed by atoms with Crippen molar-refractivity contribution in [2.75, 3.05) is 39.6 Å². The number of hydrogen-bond donors (Lipinski definition) is 3. The minimum Gasteiger partial charge on any atom is -0.462 e. The second-order valence-electron chi connectivity index (χ2n) is 30.7. The lowest BCUT2D eigenvalue weighted by atomic mass is 10.0. The summed E-state index contributed by atoms with van der Waals surface area (Å²) < 4.78 is 68.8. The first kappa shape index (κ1) is 101. The number of esters is 4. The molecular weight excluding hydrogens is 1340 g/mol. The summed E-state index contributed by atoms with van der Waals surface area (Å²) in [4.78, 5) is 73.1. The molecule has 5 atom stereocenters. The lowest BCUT2D eigenvalue weighted by Gasteiger charge is -2.21. The summed E-state index contributed by atoms with van der Waals surface area (Å²) in [6.07, 6.45) is 69.5. The van der Waals surface area contributed by atoms with E-state index < -0.39 is 97.5 Å². The molecule has 19 heteroatoms. The highest BCUT2D eigenvalue weighted by molar-refractivity contribution is 7.47. The van der Waals surface area contributed by atoms with Crippen molar-refractivity contribution >= 4 is 39.5 Å². The summed E-state index contributed by atoms with van der Waals surface area (Å²) in [5.74, 6) is -1.35. The Hall–Kier alpha value is -1.94. The van der Waals surface area contributed by atoms with Crippen LogP contribution in [0.15, 0.2) is 0 Å². The summed E-state index contributed by atoms with van der Waals surface area (Å²) in [6.45, 7) is 7.33. The van der Waals surface area contributed by atoms with E-state index in [4.69, 9.17) is 37.0 Å². The summed E-state index contributed by atoms with van der Waals surface area (Å²) in [5.41, 5.74) is 0. The lowest BCUT2D eigenvalue weighted by Crippen LogP contribution is -2.30. The van der Waals surface area contributed by atoms with Crippen LogP contribution in [0, 0.1) is 5.92 Å². The Morgan fingerprint density at radius 1 is 0.262 bits per heavy atom. The van der Waals surface area contributed by atoms with Crippen LogP contribution in [-0.2, 0) is 65.4 Å². The van der Waals surface area contributed by atoms with Crippen LogP contribution in [0.1, 0.15) is 452 Å². The van der Waals surface area contributed by atoms with Crippen LogP contribution in [0.5, 0.6) is 0 Å². The predicted molar refractivity (Wildman–Crippen MR) is 423 cm³/mol. The van der Waals surface area contributed by atoms with E-state index in [1.807, 2.05) is 0 Å². The molecule has 0 aliphatic rings.